The number of hydrogen-bond acceptors (Lipinski definition) is 2. The van der Waals surface area contributed by atoms with Crippen LogP contribution in [0.25, 0.3) is 22.2 Å². The summed E-state index contributed by atoms with van der Waals surface area (Å²) in [7, 11) is 0. The van der Waals surface area contributed by atoms with Gasteiger partial charge in [-0.1, -0.05) is 11.6 Å². The van der Waals surface area contributed by atoms with Crippen LogP contribution in [-0.4, -0.2) is 20.9 Å². The van der Waals surface area contributed by atoms with E-state index in [-0.39, 0.29) is 0 Å². The number of pyridine rings is 1. The van der Waals surface area contributed by atoms with Crippen LogP contribution < -0.4 is 5.73 Å². The third-order valence-corrected chi connectivity index (χ3v) is 3.06. The lowest BCUT2D eigenvalue weighted by molar-refractivity contribution is 0.0996. The van der Waals surface area contributed by atoms with Crippen LogP contribution in [0.3, 0.4) is 0 Å². The average molecular weight is 261 g/mol. The maximum absolute atomic E-state index is 11.1. The Kier molecular flexibility index (Phi) is 2.34. The molecule has 3 aromatic heterocycles. The zero-order valence-electron chi connectivity index (χ0n) is 9.20. The van der Waals surface area contributed by atoms with Gasteiger partial charge in [0.05, 0.1) is 5.02 Å². The highest BCUT2D eigenvalue weighted by Gasteiger charge is 2.13. The van der Waals surface area contributed by atoms with Crippen LogP contribution in [0.5, 0.6) is 0 Å². The van der Waals surface area contributed by atoms with Crippen molar-refractivity contribution in [1.82, 2.24) is 15.0 Å². The van der Waals surface area contributed by atoms with E-state index < -0.39 is 5.91 Å². The standard InChI is InChI=1S/C12H9ClN4O/c13-8-5-17-12-7(1-2-15-12)10(8)6-3-9(11(14)18)16-4-6/h1-5,16H,(H2,14,18)(H,15,17). The number of rotatable bonds is 2. The van der Waals surface area contributed by atoms with E-state index in [9.17, 15) is 4.79 Å². The molecule has 4 N–H and O–H groups in total. The molecule has 5 nitrogen and oxygen atoms in total. The van der Waals surface area contributed by atoms with Gasteiger partial charge in [-0.25, -0.2) is 4.98 Å². The molecule has 0 bridgehead atoms. The summed E-state index contributed by atoms with van der Waals surface area (Å²) in [5.41, 5.74) is 7.94. The second kappa shape index (κ2) is 3.89. The highest BCUT2D eigenvalue weighted by atomic mass is 35.5. The number of primary amides is 1. The van der Waals surface area contributed by atoms with Gasteiger partial charge in [0.25, 0.3) is 5.91 Å². The largest absolute Gasteiger partial charge is 0.364 e. The van der Waals surface area contributed by atoms with Gasteiger partial charge in [-0.05, 0) is 12.1 Å². The van der Waals surface area contributed by atoms with Crippen molar-refractivity contribution in [2.45, 2.75) is 0 Å². The fourth-order valence-electron chi connectivity index (χ4n) is 1.96. The zero-order chi connectivity index (χ0) is 12.7. The van der Waals surface area contributed by atoms with Crippen molar-refractivity contribution in [3.63, 3.8) is 0 Å². The summed E-state index contributed by atoms with van der Waals surface area (Å²) in [6, 6.07) is 3.57. The number of fused-ring (bicyclic) bond motifs is 1. The molecule has 0 saturated carbocycles. The van der Waals surface area contributed by atoms with Crippen molar-refractivity contribution in [2.75, 3.05) is 0 Å². The van der Waals surface area contributed by atoms with Gasteiger partial charge in [-0.3, -0.25) is 4.79 Å². The van der Waals surface area contributed by atoms with E-state index in [4.69, 9.17) is 17.3 Å². The summed E-state index contributed by atoms with van der Waals surface area (Å²) >= 11 is 6.18. The number of amides is 1. The Labute approximate surface area is 107 Å². The van der Waals surface area contributed by atoms with E-state index in [1.807, 2.05) is 6.07 Å². The van der Waals surface area contributed by atoms with E-state index in [1.54, 1.807) is 24.7 Å². The minimum Gasteiger partial charge on any atom is -0.364 e. The summed E-state index contributed by atoms with van der Waals surface area (Å²) in [5.74, 6) is -0.503. The SMILES string of the molecule is NC(=O)c1cc(-c2c(Cl)cnc3[nH]ccc23)c[nH]1. The molecule has 0 unspecified atom stereocenters. The molecule has 90 valence electrons. The van der Waals surface area contributed by atoms with E-state index in [1.165, 1.54) is 0 Å². The molecule has 6 heteroatoms. The van der Waals surface area contributed by atoms with Crippen LogP contribution in [0.15, 0.2) is 30.7 Å². The molecule has 0 saturated heterocycles. The molecule has 3 rings (SSSR count). The number of carbonyl (C=O) groups is 1. The number of aromatic amines is 2. The topological polar surface area (TPSA) is 87.6 Å². The van der Waals surface area contributed by atoms with Crippen molar-refractivity contribution in [3.8, 4) is 11.1 Å². The number of nitrogens with two attached hydrogens (primary N) is 1. The van der Waals surface area contributed by atoms with Gasteiger partial charge in [-0.15, -0.1) is 0 Å². The second-order valence-corrected chi connectivity index (χ2v) is 4.29. The molecule has 3 heterocycles. The molecular formula is C12H9ClN4O. The Morgan fingerprint density at radius 2 is 2.22 bits per heavy atom. The van der Waals surface area contributed by atoms with Gasteiger partial charge in [0.15, 0.2) is 0 Å². The van der Waals surface area contributed by atoms with Crippen LogP contribution in [-0.2, 0) is 0 Å². The monoisotopic (exact) mass is 260 g/mol. The molecule has 0 aliphatic rings. The van der Waals surface area contributed by atoms with Gasteiger partial charge in [0, 0.05) is 35.1 Å². The molecule has 0 aromatic carbocycles. The predicted octanol–water partition coefficient (Wildman–Crippen LogP) is 2.31. The fourth-order valence-corrected chi connectivity index (χ4v) is 2.22. The number of aromatic nitrogens is 3. The molecule has 1 amide bonds. The van der Waals surface area contributed by atoms with Gasteiger partial charge >= 0.3 is 0 Å². The minimum atomic E-state index is -0.503. The van der Waals surface area contributed by atoms with E-state index in [0.717, 1.165) is 22.2 Å². The molecule has 18 heavy (non-hydrogen) atoms. The first-order valence-corrected chi connectivity index (χ1v) is 5.65. The third-order valence-electron chi connectivity index (χ3n) is 2.78. The Morgan fingerprint density at radius 3 is 2.94 bits per heavy atom. The molecule has 0 fully saturated rings. The van der Waals surface area contributed by atoms with Gasteiger partial charge in [0.1, 0.15) is 11.3 Å². The molecule has 0 radical (unpaired) electrons. The summed E-state index contributed by atoms with van der Waals surface area (Å²) < 4.78 is 0. The fraction of sp³-hybridized carbons (Fsp3) is 0. The van der Waals surface area contributed by atoms with E-state index in [2.05, 4.69) is 15.0 Å². The molecular weight excluding hydrogens is 252 g/mol. The zero-order valence-corrected chi connectivity index (χ0v) is 9.95. The second-order valence-electron chi connectivity index (χ2n) is 3.89. The van der Waals surface area contributed by atoms with E-state index >= 15 is 0 Å². The lowest BCUT2D eigenvalue weighted by atomic mass is 10.1. The van der Waals surface area contributed by atoms with Crippen molar-refractivity contribution < 1.29 is 4.79 Å². The number of halogens is 1. The third kappa shape index (κ3) is 1.56. The first-order chi connectivity index (χ1) is 8.66. The summed E-state index contributed by atoms with van der Waals surface area (Å²) in [4.78, 5) is 21.1. The predicted molar refractivity (Wildman–Crippen MR) is 69.4 cm³/mol. The number of H-pyrrole nitrogens is 2. The van der Waals surface area contributed by atoms with Crippen molar-refractivity contribution >= 4 is 28.5 Å². The Morgan fingerprint density at radius 1 is 1.39 bits per heavy atom. The van der Waals surface area contributed by atoms with Crippen LogP contribution in [0.1, 0.15) is 10.5 Å². The first-order valence-electron chi connectivity index (χ1n) is 5.27. The molecule has 0 aliphatic carbocycles. The van der Waals surface area contributed by atoms with Crippen LogP contribution in [0, 0.1) is 0 Å². The molecule has 3 aromatic rings. The maximum atomic E-state index is 11.1. The number of nitrogens with one attached hydrogen (secondary N) is 2. The van der Waals surface area contributed by atoms with Crippen LogP contribution in [0.2, 0.25) is 5.02 Å². The van der Waals surface area contributed by atoms with Crippen molar-refractivity contribution in [1.29, 1.82) is 0 Å². The normalized spacial score (nSPS) is 10.9. The lowest BCUT2D eigenvalue weighted by Crippen LogP contribution is -2.10. The quantitative estimate of drug-likeness (QED) is 0.660. The Bertz CT molecular complexity index is 743. The van der Waals surface area contributed by atoms with Gasteiger partial charge in [0.2, 0.25) is 0 Å². The van der Waals surface area contributed by atoms with Crippen LogP contribution >= 0.6 is 11.6 Å². The Balaban J connectivity index is 2.26. The Hall–Kier alpha value is -2.27. The highest BCUT2D eigenvalue weighted by Crippen LogP contribution is 2.33. The number of nitrogens with zero attached hydrogens (tertiary/aromatic N) is 1. The minimum absolute atomic E-state index is 0.349. The summed E-state index contributed by atoms with van der Waals surface area (Å²) in [6.07, 6.45) is 5.07. The number of hydrogen-bond donors (Lipinski definition) is 3. The highest BCUT2D eigenvalue weighted by molar-refractivity contribution is 6.34. The van der Waals surface area contributed by atoms with E-state index in [0.29, 0.717) is 10.7 Å². The summed E-state index contributed by atoms with van der Waals surface area (Å²) in [5, 5.41) is 1.43. The first kappa shape index (κ1) is 10.9. The smallest absolute Gasteiger partial charge is 0.265 e. The number of carbonyl (C=O) groups excluding carboxylic acids is 1. The van der Waals surface area contributed by atoms with Gasteiger partial charge < -0.3 is 15.7 Å². The lowest BCUT2D eigenvalue weighted by Gasteiger charge is -2.02. The van der Waals surface area contributed by atoms with Crippen molar-refractivity contribution in [3.05, 3.63) is 41.4 Å². The maximum Gasteiger partial charge on any atom is 0.265 e. The van der Waals surface area contributed by atoms with Gasteiger partial charge in [-0.2, -0.15) is 0 Å². The van der Waals surface area contributed by atoms with Crippen LogP contribution in [0.4, 0.5) is 0 Å². The molecule has 0 aliphatic heterocycles. The summed E-state index contributed by atoms with van der Waals surface area (Å²) in [6.45, 7) is 0. The average Bonchev–Trinajstić information content (AvgIpc) is 2.95. The molecule has 0 atom stereocenters. The molecule has 0 spiro atoms. The van der Waals surface area contributed by atoms with Crippen molar-refractivity contribution in [2.24, 2.45) is 5.73 Å².